The fourth-order valence-corrected chi connectivity index (χ4v) is 3.07. The van der Waals surface area contributed by atoms with E-state index in [1.807, 2.05) is 12.1 Å². The topological polar surface area (TPSA) is 104 Å². The molecule has 0 saturated heterocycles. The summed E-state index contributed by atoms with van der Waals surface area (Å²) in [7, 11) is -3.94. The van der Waals surface area contributed by atoms with E-state index in [2.05, 4.69) is 6.92 Å². The highest BCUT2D eigenvalue weighted by molar-refractivity contribution is 7.89. The predicted molar refractivity (Wildman–Crippen MR) is 102 cm³/mol. The van der Waals surface area contributed by atoms with E-state index in [9.17, 15) is 18.0 Å². The molecule has 2 rings (SSSR count). The lowest BCUT2D eigenvalue weighted by molar-refractivity contribution is 0.0473. The van der Waals surface area contributed by atoms with Crippen LogP contribution in [-0.2, 0) is 21.2 Å². The maximum Gasteiger partial charge on any atom is 0.338 e. The number of benzene rings is 2. The van der Waals surface area contributed by atoms with Gasteiger partial charge < -0.3 is 4.74 Å². The van der Waals surface area contributed by atoms with Crippen molar-refractivity contribution < 1.29 is 22.7 Å². The standard InChI is InChI=1S/C20H23NO5S/c1-3-4-5-15-7-9-16(10-8-15)19(22)13-26-20(23)18-12-17(27(21,24)25)11-6-14(18)2/h6-12H,3-5,13H2,1-2H3,(H2,21,24,25). The zero-order chi connectivity index (χ0) is 20.0. The Morgan fingerprint density at radius 2 is 1.74 bits per heavy atom. The van der Waals surface area contributed by atoms with E-state index in [1.54, 1.807) is 19.1 Å². The van der Waals surface area contributed by atoms with Crippen LogP contribution in [0.25, 0.3) is 0 Å². The molecule has 0 aromatic heterocycles. The van der Waals surface area contributed by atoms with Crippen molar-refractivity contribution in [2.24, 2.45) is 5.14 Å². The van der Waals surface area contributed by atoms with Crippen molar-refractivity contribution in [3.05, 3.63) is 64.7 Å². The van der Waals surface area contributed by atoms with Gasteiger partial charge >= 0.3 is 5.97 Å². The molecule has 0 saturated carbocycles. The monoisotopic (exact) mass is 389 g/mol. The molecule has 0 unspecified atom stereocenters. The van der Waals surface area contributed by atoms with Gasteiger partial charge in [-0.1, -0.05) is 43.7 Å². The Hall–Kier alpha value is -2.51. The summed E-state index contributed by atoms with van der Waals surface area (Å²) in [5.74, 6) is -1.10. The van der Waals surface area contributed by atoms with Crippen LogP contribution in [0.5, 0.6) is 0 Å². The number of carbonyl (C=O) groups excluding carboxylic acids is 2. The lowest BCUT2D eigenvalue weighted by Gasteiger charge is -2.09. The molecule has 0 spiro atoms. The first-order chi connectivity index (χ1) is 12.7. The first kappa shape index (κ1) is 20.8. The van der Waals surface area contributed by atoms with E-state index in [1.165, 1.54) is 12.1 Å². The smallest absolute Gasteiger partial charge is 0.338 e. The number of hydrogen-bond donors (Lipinski definition) is 1. The molecule has 0 aliphatic carbocycles. The molecule has 0 radical (unpaired) electrons. The number of rotatable bonds is 8. The molecule has 0 bridgehead atoms. The Balaban J connectivity index is 2.04. The average molecular weight is 389 g/mol. The van der Waals surface area contributed by atoms with Crippen molar-refractivity contribution in [2.75, 3.05) is 6.61 Å². The highest BCUT2D eigenvalue weighted by Gasteiger charge is 2.17. The third-order valence-electron chi connectivity index (χ3n) is 4.19. The minimum Gasteiger partial charge on any atom is -0.454 e. The summed E-state index contributed by atoms with van der Waals surface area (Å²) in [5.41, 5.74) is 2.20. The minimum atomic E-state index is -3.94. The molecule has 0 heterocycles. The summed E-state index contributed by atoms with van der Waals surface area (Å²) < 4.78 is 27.9. The lowest BCUT2D eigenvalue weighted by atomic mass is 10.0. The average Bonchev–Trinajstić information content (AvgIpc) is 2.64. The van der Waals surface area contributed by atoms with Gasteiger partial charge in [-0.2, -0.15) is 0 Å². The van der Waals surface area contributed by atoms with Gasteiger partial charge in [0.15, 0.2) is 12.4 Å². The number of primary sulfonamides is 1. The van der Waals surface area contributed by atoms with Crippen molar-refractivity contribution in [1.29, 1.82) is 0 Å². The number of Topliss-reactive ketones (excluding diaryl/α,β-unsaturated/α-hetero) is 1. The van der Waals surface area contributed by atoms with Crippen LogP contribution in [0.15, 0.2) is 47.4 Å². The SMILES string of the molecule is CCCCc1ccc(C(=O)COC(=O)c2cc(S(N)(=O)=O)ccc2C)cc1. The Morgan fingerprint density at radius 3 is 2.33 bits per heavy atom. The number of esters is 1. The second-order valence-electron chi connectivity index (χ2n) is 6.32. The van der Waals surface area contributed by atoms with Gasteiger partial charge in [-0.25, -0.2) is 18.4 Å². The molecule has 0 aliphatic rings. The van der Waals surface area contributed by atoms with Crippen molar-refractivity contribution in [1.82, 2.24) is 0 Å². The number of unbranched alkanes of at least 4 members (excludes halogenated alkanes) is 1. The fraction of sp³-hybridized carbons (Fsp3) is 0.300. The van der Waals surface area contributed by atoms with Gasteiger partial charge in [0.2, 0.25) is 10.0 Å². The van der Waals surface area contributed by atoms with Gasteiger partial charge in [0.25, 0.3) is 0 Å². The number of aryl methyl sites for hydroxylation is 2. The number of hydrogen-bond acceptors (Lipinski definition) is 5. The van der Waals surface area contributed by atoms with E-state index in [-0.39, 0.29) is 16.2 Å². The molecule has 7 heteroatoms. The third kappa shape index (κ3) is 5.74. The predicted octanol–water partition coefficient (Wildman–Crippen LogP) is 3.02. The van der Waals surface area contributed by atoms with Gasteiger partial charge in [0.05, 0.1) is 10.5 Å². The van der Waals surface area contributed by atoms with Crippen LogP contribution in [0.2, 0.25) is 0 Å². The number of ether oxygens (including phenoxy) is 1. The Kier molecular flexibility index (Phi) is 6.87. The Bertz CT molecular complexity index is 933. The largest absolute Gasteiger partial charge is 0.454 e. The molecular formula is C20H23NO5S. The van der Waals surface area contributed by atoms with Crippen LogP contribution in [0.3, 0.4) is 0 Å². The van der Waals surface area contributed by atoms with Crippen molar-refractivity contribution >= 4 is 21.8 Å². The summed E-state index contributed by atoms with van der Waals surface area (Å²) in [6.07, 6.45) is 3.14. The maximum atomic E-state index is 12.2. The Morgan fingerprint density at radius 1 is 1.07 bits per heavy atom. The van der Waals surface area contributed by atoms with Crippen molar-refractivity contribution in [2.45, 2.75) is 38.0 Å². The fourth-order valence-electron chi connectivity index (χ4n) is 2.53. The van der Waals surface area contributed by atoms with Crippen molar-refractivity contribution in [3.63, 3.8) is 0 Å². The van der Waals surface area contributed by atoms with E-state index >= 15 is 0 Å². The van der Waals surface area contributed by atoms with E-state index in [0.717, 1.165) is 30.9 Å². The van der Waals surface area contributed by atoms with Crippen LogP contribution in [0.4, 0.5) is 0 Å². The van der Waals surface area contributed by atoms with Gasteiger partial charge in [-0.05, 0) is 43.0 Å². The van der Waals surface area contributed by atoms with Crippen LogP contribution in [0.1, 0.15) is 51.6 Å². The molecule has 0 aliphatic heterocycles. The first-order valence-electron chi connectivity index (χ1n) is 8.65. The summed E-state index contributed by atoms with van der Waals surface area (Å²) in [5, 5.41) is 5.08. The van der Waals surface area contributed by atoms with Gasteiger partial charge in [-0.3, -0.25) is 4.79 Å². The molecule has 0 amide bonds. The normalized spacial score (nSPS) is 11.2. The Labute approximate surface area is 159 Å². The molecule has 2 aromatic carbocycles. The van der Waals surface area contributed by atoms with Gasteiger partial charge in [0.1, 0.15) is 0 Å². The lowest BCUT2D eigenvalue weighted by Crippen LogP contribution is -2.17. The summed E-state index contributed by atoms with van der Waals surface area (Å²) in [6, 6.07) is 11.1. The highest BCUT2D eigenvalue weighted by atomic mass is 32.2. The van der Waals surface area contributed by atoms with E-state index < -0.39 is 22.6 Å². The second-order valence-corrected chi connectivity index (χ2v) is 7.88. The molecule has 0 atom stereocenters. The van der Waals surface area contributed by atoms with Crippen LogP contribution >= 0.6 is 0 Å². The van der Waals surface area contributed by atoms with E-state index in [4.69, 9.17) is 9.88 Å². The summed E-state index contributed by atoms with van der Waals surface area (Å²) >= 11 is 0. The third-order valence-corrected chi connectivity index (χ3v) is 5.10. The zero-order valence-corrected chi connectivity index (χ0v) is 16.2. The molecule has 144 valence electrons. The quantitative estimate of drug-likeness (QED) is 0.552. The first-order valence-corrected chi connectivity index (χ1v) is 10.2. The summed E-state index contributed by atoms with van der Waals surface area (Å²) in [6.45, 7) is 3.33. The number of ketones is 1. The molecule has 2 N–H and O–H groups in total. The van der Waals surface area contributed by atoms with Gasteiger partial charge in [-0.15, -0.1) is 0 Å². The number of carbonyl (C=O) groups is 2. The van der Waals surface area contributed by atoms with Crippen LogP contribution in [-0.4, -0.2) is 26.8 Å². The molecular weight excluding hydrogens is 366 g/mol. The number of sulfonamides is 1. The van der Waals surface area contributed by atoms with Crippen LogP contribution < -0.4 is 5.14 Å². The van der Waals surface area contributed by atoms with Crippen molar-refractivity contribution in [3.8, 4) is 0 Å². The number of nitrogens with two attached hydrogens (primary N) is 1. The van der Waals surface area contributed by atoms with Crippen LogP contribution in [0, 0.1) is 6.92 Å². The molecule has 27 heavy (non-hydrogen) atoms. The van der Waals surface area contributed by atoms with E-state index in [0.29, 0.717) is 11.1 Å². The highest BCUT2D eigenvalue weighted by Crippen LogP contribution is 2.16. The molecule has 6 nitrogen and oxygen atoms in total. The minimum absolute atomic E-state index is 0.0595. The second kappa shape index (κ2) is 8.92. The summed E-state index contributed by atoms with van der Waals surface area (Å²) in [4.78, 5) is 24.3. The maximum absolute atomic E-state index is 12.2. The zero-order valence-electron chi connectivity index (χ0n) is 15.4. The molecule has 0 fully saturated rings. The molecule has 2 aromatic rings. The van der Waals surface area contributed by atoms with Gasteiger partial charge in [0, 0.05) is 5.56 Å².